The van der Waals surface area contributed by atoms with Crippen molar-refractivity contribution in [3.8, 4) is 0 Å². The number of hydrogen-bond acceptors (Lipinski definition) is 4. The quantitative estimate of drug-likeness (QED) is 0.836. The van der Waals surface area contributed by atoms with E-state index in [4.69, 9.17) is 0 Å². The van der Waals surface area contributed by atoms with Gasteiger partial charge in [-0.2, -0.15) is 0 Å². The van der Waals surface area contributed by atoms with Crippen molar-refractivity contribution in [2.45, 2.75) is 30.7 Å². The molecule has 1 N–H and O–H groups in total. The number of sulfonamides is 1. The van der Waals surface area contributed by atoms with Crippen LogP contribution in [0, 0.1) is 6.92 Å². The molecule has 1 aliphatic heterocycles. The second kappa shape index (κ2) is 8.32. The van der Waals surface area contributed by atoms with E-state index in [1.165, 1.54) is 11.4 Å². The minimum absolute atomic E-state index is 0.154. The van der Waals surface area contributed by atoms with Gasteiger partial charge in [-0.15, -0.1) is 0 Å². The number of rotatable bonds is 5. The number of aryl methyl sites for hydroxylation is 1. The summed E-state index contributed by atoms with van der Waals surface area (Å²) in [6.07, 6.45) is 1.84. The van der Waals surface area contributed by atoms with Gasteiger partial charge in [-0.1, -0.05) is 23.8 Å². The Bertz CT molecular complexity index is 934. The molecule has 2 aromatic rings. The summed E-state index contributed by atoms with van der Waals surface area (Å²) in [6, 6.07) is 13.6. The van der Waals surface area contributed by atoms with Crippen LogP contribution in [0.2, 0.25) is 0 Å². The average Bonchev–Trinajstić information content (AvgIpc) is 2.69. The van der Waals surface area contributed by atoms with Gasteiger partial charge in [0.15, 0.2) is 0 Å². The zero-order chi connectivity index (χ0) is 20.3. The maximum atomic E-state index is 12.9. The maximum absolute atomic E-state index is 12.9. The second-order valence-electron chi connectivity index (χ2n) is 7.39. The first-order valence-corrected chi connectivity index (χ1v) is 10.9. The van der Waals surface area contributed by atoms with Crippen molar-refractivity contribution in [1.82, 2.24) is 10.2 Å². The number of carbonyl (C=O) groups is 1. The predicted molar refractivity (Wildman–Crippen MR) is 111 cm³/mol. The van der Waals surface area contributed by atoms with Gasteiger partial charge in [-0.25, -0.2) is 8.42 Å². The highest BCUT2D eigenvalue weighted by molar-refractivity contribution is 7.92. The van der Waals surface area contributed by atoms with Crippen molar-refractivity contribution in [1.29, 1.82) is 0 Å². The van der Waals surface area contributed by atoms with Crippen LogP contribution in [-0.4, -0.2) is 52.5 Å². The third-order valence-corrected chi connectivity index (χ3v) is 7.00. The SMILES string of the molecule is Cc1ccc(S(=O)(=O)N(C)c2cccc(C(=O)NC3CCN(C)CC3)c2)cc1. The van der Waals surface area contributed by atoms with Crippen LogP contribution < -0.4 is 9.62 Å². The molecule has 1 heterocycles. The molecule has 2 aromatic carbocycles. The molecule has 0 atom stereocenters. The summed E-state index contributed by atoms with van der Waals surface area (Å²) in [5.41, 5.74) is 1.91. The molecule has 0 aromatic heterocycles. The molecule has 1 amide bonds. The Kier molecular flexibility index (Phi) is 6.05. The van der Waals surface area contributed by atoms with Crippen molar-refractivity contribution in [2.75, 3.05) is 31.5 Å². The monoisotopic (exact) mass is 401 g/mol. The fourth-order valence-corrected chi connectivity index (χ4v) is 4.46. The van der Waals surface area contributed by atoms with Crippen LogP contribution in [0.4, 0.5) is 5.69 Å². The topological polar surface area (TPSA) is 69.7 Å². The number of nitrogens with zero attached hydrogens (tertiary/aromatic N) is 2. The van der Waals surface area contributed by atoms with Crippen molar-refractivity contribution in [3.63, 3.8) is 0 Å². The van der Waals surface area contributed by atoms with Crippen LogP contribution in [-0.2, 0) is 10.0 Å². The number of benzene rings is 2. The van der Waals surface area contributed by atoms with Gasteiger partial charge in [0, 0.05) is 18.7 Å². The Morgan fingerprint density at radius 1 is 1.11 bits per heavy atom. The summed E-state index contributed by atoms with van der Waals surface area (Å²) in [5, 5.41) is 3.06. The van der Waals surface area contributed by atoms with E-state index in [0.717, 1.165) is 31.5 Å². The molecule has 0 aliphatic carbocycles. The number of likely N-dealkylation sites (tertiary alicyclic amines) is 1. The van der Waals surface area contributed by atoms with E-state index >= 15 is 0 Å². The smallest absolute Gasteiger partial charge is 0.264 e. The molecule has 6 nitrogen and oxygen atoms in total. The van der Waals surface area contributed by atoms with Gasteiger partial charge in [0.1, 0.15) is 0 Å². The molecule has 3 rings (SSSR count). The van der Waals surface area contributed by atoms with Crippen LogP contribution in [0.3, 0.4) is 0 Å². The molecule has 0 saturated carbocycles. The summed E-state index contributed by atoms with van der Waals surface area (Å²) in [7, 11) is -0.110. The van der Waals surface area contributed by atoms with Gasteiger partial charge in [0.05, 0.1) is 10.6 Å². The van der Waals surface area contributed by atoms with Gasteiger partial charge >= 0.3 is 0 Å². The van der Waals surface area contributed by atoms with Gasteiger partial charge < -0.3 is 10.2 Å². The zero-order valence-corrected chi connectivity index (χ0v) is 17.4. The summed E-state index contributed by atoms with van der Waals surface area (Å²) in [6.45, 7) is 3.83. The molecule has 0 spiro atoms. The summed E-state index contributed by atoms with van der Waals surface area (Å²) in [5.74, 6) is -0.169. The maximum Gasteiger partial charge on any atom is 0.264 e. The minimum Gasteiger partial charge on any atom is -0.349 e. The van der Waals surface area contributed by atoms with Crippen molar-refractivity contribution < 1.29 is 13.2 Å². The largest absolute Gasteiger partial charge is 0.349 e. The third-order valence-electron chi connectivity index (χ3n) is 5.21. The van der Waals surface area contributed by atoms with E-state index in [1.807, 2.05) is 6.92 Å². The van der Waals surface area contributed by atoms with E-state index in [0.29, 0.717) is 11.3 Å². The first kappa shape index (κ1) is 20.4. The van der Waals surface area contributed by atoms with Gasteiger partial charge in [-0.3, -0.25) is 9.10 Å². The zero-order valence-electron chi connectivity index (χ0n) is 16.6. The van der Waals surface area contributed by atoms with E-state index in [-0.39, 0.29) is 16.8 Å². The van der Waals surface area contributed by atoms with E-state index in [2.05, 4.69) is 17.3 Å². The Balaban J connectivity index is 1.76. The molecule has 1 saturated heterocycles. The lowest BCUT2D eigenvalue weighted by Gasteiger charge is -2.29. The Hall–Kier alpha value is -2.38. The molecule has 0 bridgehead atoms. The Labute approximate surface area is 167 Å². The van der Waals surface area contributed by atoms with Gasteiger partial charge in [0.2, 0.25) is 0 Å². The average molecular weight is 402 g/mol. The Morgan fingerprint density at radius 2 is 1.75 bits per heavy atom. The molecule has 0 unspecified atom stereocenters. The van der Waals surface area contributed by atoms with Crippen molar-refractivity contribution >= 4 is 21.6 Å². The van der Waals surface area contributed by atoms with Crippen LogP contribution in [0.5, 0.6) is 0 Å². The highest BCUT2D eigenvalue weighted by atomic mass is 32.2. The van der Waals surface area contributed by atoms with Crippen molar-refractivity contribution in [3.05, 3.63) is 59.7 Å². The van der Waals surface area contributed by atoms with E-state index < -0.39 is 10.0 Å². The number of carbonyl (C=O) groups excluding carboxylic acids is 1. The predicted octanol–water partition coefficient (Wildman–Crippen LogP) is 2.64. The molecule has 0 radical (unpaired) electrons. The molecule has 7 heteroatoms. The van der Waals surface area contributed by atoms with Gasteiger partial charge in [0.25, 0.3) is 15.9 Å². The van der Waals surface area contributed by atoms with Crippen LogP contribution >= 0.6 is 0 Å². The standard InChI is InChI=1S/C21H27N3O3S/c1-16-7-9-20(10-8-16)28(26,27)24(3)19-6-4-5-17(15-19)21(25)22-18-11-13-23(2)14-12-18/h4-10,15,18H,11-14H2,1-3H3,(H,22,25). The second-order valence-corrected chi connectivity index (χ2v) is 9.36. The van der Waals surface area contributed by atoms with Crippen LogP contribution in [0.1, 0.15) is 28.8 Å². The molecular weight excluding hydrogens is 374 g/mol. The Morgan fingerprint density at radius 3 is 2.39 bits per heavy atom. The molecular formula is C21H27N3O3S. The third kappa shape index (κ3) is 4.54. The lowest BCUT2D eigenvalue weighted by atomic mass is 10.0. The molecule has 1 aliphatic rings. The first-order chi connectivity index (χ1) is 13.3. The molecule has 28 heavy (non-hydrogen) atoms. The van der Waals surface area contributed by atoms with E-state index in [1.54, 1.807) is 48.5 Å². The molecule has 150 valence electrons. The fourth-order valence-electron chi connectivity index (χ4n) is 3.27. The molecule has 1 fully saturated rings. The first-order valence-electron chi connectivity index (χ1n) is 9.42. The van der Waals surface area contributed by atoms with E-state index in [9.17, 15) is 13.2 Å². The number of anilines is 1. The van der Waals surface area contributed by atoms with Crippen LogP contribution in [0.25, 0.3) is 0 Å². The van der Waals surface area contributed by atoms with Gasteiger partial charge in [-0.05, 0) is 70.2 Å². The normalized spacial score (nSPS) is 16.0. The highest BCUT2D eigenvalue weighted by Gasteiger charge is 2.23. The summed E-state index contributed by atoms with van der Waals surface area (Å²) in [4.78, 5) is 15.1. The minimum atomic E-state index is -3.69. The number of nitrogens with one attached hydrogen (secondary N) is 1. The lowest BCUT2D eigenvalue weighted by Crippen LogP contribution is -2.43. The number of amides is 1. The lowest BCUT2D eigenvalue weighted by molar-refractivity contribution is 0.0917. The van der Waals surface area contributed by atoms with Crippen molar-refractivity contribution in [2.24, 2.45) is 0 Å². The summed E-state index contributed by atoms with van der Waals surface area (Å²) >= 11 is 0. The number of piperidine rings is 1. The summed E-state index contributed by atoms with van der Waals surface area (Å²) < 4.78 is 27.0. The highest BCUT2D eigenvalue weighted by Crippen LogP contribution is 2.23. The number of hydrogen-bond donors (Lipinski definition) is 1. The fraction of sp³-hybridized carbons (Fsp3) is 0.381. The van der Waals surface area contributed by atoms with Crippen LogP contribution in [0.15, 0.2) is 53.4 Å².